The fraction of sp³-hybridized carbons (Fsp3) is 0.105. The Morgan fingerprint density at radius 1 is 0.808 bits per heavy atom. The van der Waals surface area contributed by atoms with Crippen molar-refractivity contribution in [3.05, 3.63) is 71.8 Å². The van der Waals surface area contributed by atoms with Crippen molar-refractivity contribution in [1.82, 2.24) is 0 Å². The summed E-state index contributed by atoms with van der Waals surface area (Å²) < 4.78 is 0. The monoisotopic (exact) mass is 352 g/mol. The normalized spacial score (nSPS) is 18.5. The number of carboxylic acids is 2. The molecule has 2 atom stereocenters. The zero-order valence-electron chi connectivity index (χ0n) is 13.5. The molecule has 7 nitrogen and oxygen atoms in total. The largest absolute Gasteiger partial charge is 0.478 e. The minimum absolute atomic E-state index is 0.0527. The van der Waals surface area contributed by atoms with E-state index in [2.05, 4.69) is 10.6 Å². The quantitative estimate of drug-likeness (QED) is 0.631. The number of anilines is 2. The minimum Gasteiger partial charge on any atom is -0.478 e. The summed E-state index contributed by atoms with van der Waals surface area (Å²) in [4.78, 5) is 34.9. The zero-order valence-corrected chi connectivity index (χ0v) is 13.5. The van der Waals surface area contributed by atoms with Crippen molar-refractivity contribution in [1.29, 1.82) is 0 Å². The van der Waals surface area contributed by atoms with Gasteiger partial charge in [0.15, 0.2) is 5.78 Å². The number of para-hydroxylation sites is 2. The highest BCUT2D eigenvalue weighted by atomic mass is 16.4. The van der Waals surface area contributed by atoms with E-state index in [-0.39, 0.29) is 16.9 Å². The maximum atomic E-state index is 12.2. The topological polar surface area (TPSA) is 116 Å². The number of hydrogen-bond donors (Lipinski definition) is 4. The van der Waals surface area contributed by atoms with Crippen LogP contribution in [0, 0.1) is 0 Å². The lowest BCUT2D eigenvalue weighted by Gasteiger charge is -2.24. The van der Waals surface area contributed by atoms with Crippen LogP contribution in [-0.4, -0.2) is 40.0 Å². The smallest absolute Gasteiger partial charge is 0.337 e. The van der Waals surface area contributed by atoms with E-state index in [0.717, 1.165) is 0 Å². The first-order valence-corrected chi connectivity index (χ1v) is 7.87. The Hall–Kier alpha value is -3.61. The van der Waals surface area contributed by atoms with Crippen molar-refractivity contribution in [3.8, 4) is 0 Å². The van der Waals surface area contributed by atoms with Crippen molar-refractivity contribution in [2.24, 2.45) is 0 Å². The summed E-state index contributed by atoms with van der Waals surface area (Å²) in [6.45, 7) is 0. The van der Waals surface area contributed by atoms with Gasteiger partial charge in [-0.1, -0.05) is 30.3 Å². The summed E-state index contributed by atoms with van der Waals surface area (Å²) >= 11 is 0. The van der Waals surface area contributed by atoms with Crippen LogP contribution in [0.1, 0.15) is 20.7 Å². The lowest BCUT2D eigenvalue weighted by molar-refractivity contribution is -0.114. The van der Waals surface area contributed by atoms with Crippen LogP contribution in [0.25, 0.3) is 0 Å². The maximum Gasteiger partial charge on any atom is 0.337 e. The molecule has 0 radical (unpaired) electrons. The van der Waals surface area contributed by atoms with E-state index in [1.165, 1.54) is 18.2 Å². The predicted octanol–water partition coefficient (Wildman–Crippen LogP) is 2.48. The van der Waals surface area contributed by atoms with Crippen LogP contribution < -0.4 is 10.6 Å². The standard InChI is InChI=1S/C19H16N2O5/c22-16-10-9-15(20-13-7-3-1-5-11(13)18(23)24)17(16)21-14-8-4-2-6-12(14)19(25)26/h1-10,15,17,20-21H,(H,23,24)(H,25,26)/t15-,17+/m0/s1. The second-order valence-corrected chi connectivity index (χ2v) is 5.76. The summed E-state index contributed by atoms with van der Waals surface area (Å²) in [5.74, 6) is -2.41. The highest BCUT2D eigenvalue weighted by Gasteiger charge is 2.31. The van der Waals surface area contributed by atoms with E-state index in [4.69, 9.17) is 0 Å². The molecule has 0 saturated carbocycles. The Morgan fingerprint density at radius 3 is 1.85 bits per heavy atom. The van der Waals surface area contributed by atoms with Gasteiger partial charge in [-0.05, 0) is 30.3 Å². The van der Waals surface area contributed by atoms with E-state index in [0.29, 0.717) is 11.4 Å². The molecule has 0 aromatic heterocycles. The van der Waals surface area contributed by atoms with Crippen molar-refractivity contribution in [2.45, 2.75) is 12.1 Å². The third-order valence-electron chi connectivity index (χ3n) is 4.08. The first kappa shape index (κ1) is 17.2. The van der Waals surface area contributed by atoms with Gasteiger partial charge in [0.2, 0.25) is 0 Å². The number of benzene rings is 2. The van der Waals surface area contributed by atoms with E-state index >= 15 is 0 Å². The van der Waals surface area contributed by atoms with Crippen LogP contribution in [0.15, 0.2) is 60.7 Å². The van der Waals surface area contributed by atoms with E-state index < -0.39 is 24.0 Å². The third kappa shape index (κ3) is 3.41. The molecule has 7 heteroatoms. The Morgan fingerprint density at radius 2 is 1.31 bits per heavy atom. The van der Waals surface area contributed by atoms with Gasteiger partial charge in [-0.3, -0.25) is 4.79 Å². The molecule has 0 unspecified atom stereocenters. The Labute approximate surface area is 149 Å². The first-order valence-electron chi connectivity index (χ1n) is 7.87. The molecule has 0 saturated heterocycles. The lowest BCUT2D eigenvalue weighted by Crippen LogP contribution is -2.40. The number of hydrogen-bond acceptors (Lipinski definition) is 5. The SMILES string of the molecule is O=C(O)c1ccccc1N[C@H]1C=CC(=O)[C@@H]1Nc1ccccc1C(=O)O. The molecule has 0 aliphatic heterocycles. The summed E-state index contributed by atoms with van der Waals surface area (Å²) in [5.41, 5.74) is 0.838. The molecule has 132 valence electrons. The van der Waals surface area contributed by atoms with Gasteiger partial charge >= 0.3 is 11.9 Å². The molecule has 0 spiro atoms. The molecule has 2 aromatic rings. The lowest BCUT2D eigenvalue weighted by atomic mass is 10.1. The van der Waals surface area contributed by atoms with Crippen molar-refractivity contribution >= 4 is 29.1 Å². The fourth-order valence-electron chi connectivity index (χ4n) is 2.82. The number of rotatable bonds is 6. The molecule has 1 aliphatic carbocycles. The van der Waals surface area contributed by atoms with Crippen LogP contribution in [0.4, 0.5) is 11.4 Å². The molecule has 0 fully saturated rings. The minimum atomic E-state index is -1.10. The van der Waals surface area contributed by atoms with Gasteiger partial charge in [-0.25, -0.2) is 9.59 Å². The molecule has 0 bridgehead atoms. The fourth-order valence-corrected chi connectivity index (χ4v) is 2.82. The number of carbonyl (C=O) groups is 3. The van der Waals surface area contributed by atoms with E-state index in [1.807, 2.05) is 0 Å². The summed E-state index contributed by atoms with van der Waals surface area (Å²) in [6, 6.07) is 11.4. The van der Waals surface area contributed by atoms with Gasteiger partial charge in [0.25, 0.3) is 0 Å². The summed E-state index contributed by atoms with van der Waals surface area (Å²) in [7, 11) is 0. The van der Waals surface area contributed by atoms with Gasteiger partial charge < -0.3 is 20.8 Å². The second kappa shape index (κ2) is 7.10. The third-order valence-corrected chi connectivity index (χ3v) is 4.08. The summed E-state index contributed by atoms with van der Waals surface area (Å²) in [6.07, 6.45) is 3.02. The average Bonchev–Trinajstić information content (AvgIpc) is 2.95. The molecule has 0 amide bonds. The first-order chi connectivity index (χ1) is 12.5. The number of carboxylic acid groups (broad SMARTS) is 2. The van der Waals surface area contributed by atoms with Crippen LogP contribution in [-0.2, 0) is 4.79 Å². The zero-order chi connectivity index (χ0) is 18.7. The summed E-state index contributed by atoms with van der Waals surface area (Å²) in [5, 5.41) is 24.6. The molecule has 26 heavy (non-hydrogen) atoms. The van der Waals surface area contributed by atoms with Crippen LogP contribution in [0.5, 0.6) is 0 Å². The second-order valence-electron chi connectivity index (χ2n) is 5.76. The molecular formula is C19H16N2O5. The Balaban J connectivity index is 1.86. The Bertz CT molecular complexity index is 906. The molecule has 1 aliphatic rings. The maximum absolute atomic E-state index is 12.2. The highest BCUT2D eigenvalue weighted by molar-refractivity contribution is 6.02. The van der Waals surface area contributed by atoms with E-state index in [9.17, 15) is 24.6 Å². The van der Waals surface area contributed by atoms with Gasteiger partial charge in [-0.15, -0.1) is 0 Å². The van der Waals surface area contributed by atoms with Crippen LogP contribution in [0.3, 0.4) is 0 Å². The molecule has 3 rings (SSSR count). The van der Waals surface area contributed by atoms with Gasteiger partial charge in [-0.2, -0.15) is 0 Å². The predicted molar refractivity (Wildman–Crippen MR) is 95.8 cm³/mol. The van der Waals surface area contributed by atoms with Crippen LogP contribution >= 0.6 is 0 Å². The number of ketones is 1. The number of carbonyl (C=O) groups excluding carboxylic acids is 1. The van der Waals surface area contributed by atoms with Crippen LogP contribution in [0.2, 0.25) is 0 Å². The van der Waals surface area contributed by atoms with Crippen molar-refractivity contribution in [3.63, 3.8) is 0 Å². The molecule has 4 N–H and O–H groups in total. The molecular weight excluding hydrogens is 336 g/mol. The number of aromatic carboxylic acids is 2. The number of nitrogens with one attached hydrogen (secondary N) is 2. The van der Waals surface area contributed by atoms with Crippen molar-refractivity contribution < 1.29 is 24.6 Å². The van der Waals surface area contributed by atoms with E-state index in [1.54, 1.807) is 42.5 Å². The van der Waals surface area contributed by atoms with Crippen molar-refractivity contribution in [2.75, 3.05) is 10.6 Å². The van der Waals surface area contributed by atoms with Gasteiger partial charge in [0, 0.05) is 11.4 Å². The average molecular weight is 352 g/mol. The van der Waals surface area contributed by atoms with Gasteiger partial charge in [0.1, 0.15) is 6.04 Å². The highest BCUT2D eigenvalue weighted by Crippen LogP contribution is 2.24. The molecule has 2 aromatic carbocycles. The van der Waals surface area contributed by atoms with Gasteiger partial charge in [0.05, 0.1) is 17.2 Å². The Kier molecular flexibility index (Phi) is 4.70. The molecule has 0 heterocycles.